The number of halogens is 1. The van der Waals surface area contributed by atoms with E-state index < -0.39 is 0 Å². The van der Waals surface area contributed by atoms with Crippen LogP contribution < -0.4 is 16.0 Å². The van der Waals surface area contributed by atoms with E-state index in [2.05, 4.69) is 25.5 Å². The average molecular weight is 421 g/mol. The lowest BCUT2D eigenvalue weighted by atomic mass is 10.4. The molecule has 0 aliphatic carbocycles. The Morgan fingerprint density at radius 2 is 1.82 bits per heavy atom. The van der Waals surface area contributed by atoms with E-state index in [-0.39, 0.29) is 29.9 Å². The van der Waals surface area contributed by atoms with Crippen molar-refractivity contribution in [1.29, 1.82) is 0 Å². The van der Waals surface area contributed by atoms with Crippen LogP contribution in [-0.2, 0) is 11.3 Å². The number of nitrogens with zero attached hydrogens (tertiary/aromatic N) is 2. The fourth-order valence-corrected chi connectivity index (χ4v) is 1.79. The van der Waals surface area contributed by atoms with Crippen LogP contribution in [0.4, 0.5) is 0 Å². The molecule has 0 fully saturated rings. The molecule has 22 heavy (non-hydrogen) atoms. The molecular formula is C15H28IN5O. The first-order valence-corrected chi connectivity index (χ1v) is 7.66. The van der Waals surface area contributed by atoms with Crippen molar-refractivity contribution in [2.45, 2.75) is 33.2 Å². The predicted octanol–water partition coefficient (Wildman–Crippen LogP) is 1.58. The summed E-state index contributed by atoms with van der Waals surface area (Å²) in [6, 6.07) is 4.02. The maximum Gasteiger partial charge on any atom is 0.221 e. The van der Waals surface area contributed by atoms with Gasteiger partial charge in [0.05, 0.1) is 6.54 Å². The van der Waals surface area contributed by atoms with Gasteiger partial charge in [-0.15, -0.1) is 24.0 Å². The van der Waals surface area contributed by atoms with Crippen LogP contribution in [0, 0.1) is 0 Å². The number of hydrogen-bond donors (Lipinski definition) is 3. The van der Waals surface area contributed by atoms with Crippen LogP contribution in [-0.4, -0.2) is 42.6 Å². The van der Waals surface area contributed by atoms with E-state index in [0.29, 0.717) is 13.0 Å². The van der Waals surface area contributed by atoms with E-state index in [1.807, 2.05) is 38.4 Å². The van der Waals surface area contributed by atoms with Gasteiger partial charge in [0.15, 0.2) is 5.96 Å². The molecule has 7 heteroatoms. The maximum atomic E-state index is 11.5. The monoisotopic (exact) mass is 421 g/mol. The second-order valence-electron chi connectivity index (χ2n) is 4.71. The molecule has 1 heterocycles. The number of carbonyl (C=O) groups excluding carboxylic acids is 1. The lowest BCUT2D eigenvalue weighted by Gasteiger charge is -2.11. The number of nitrogens with one attached hydrogen (secondary N) is 3. The Hall–Kier alpha value is -1.25. The summed E-state index contributed by atoms with van der Waals surface area (Å²) in [4.78, 5) is 15.9. The zero-order valence-electron chi connectivity index (χ0n) is 13.5. The van der Waals surface area contributed by atoms with E-state index >= 15 is 0 Å². The Balaban J connectivity index is 0.00000441. The van der Waals surface area contributed by atoms with Crippen LogP contribution >= 0.6 is 24.0 Å². The van der Waals surface area contributed by atoms with Gasteiger partial charge in [0, 0.05) is 45.0 Å². The number of aliphatic imine (C=N–C) groups is 1. The second-order valence-corrected chi connectivity index (χ2v) is 4.71. The number of guanidine groups is 1. The highest BCUT2D eigenvalue weighted by molar-refractivity contribution is 14.0. The van der Waals surface area contributed by atoms with Gasteiger partial charge in [-0.3, -0.25) is 9.79 Å². The number of carbonyl (C=O) groups is 1. The minimum absolute atomic E-state index is 0. The summed E-state index contributed by atoms with van der Waals surface area (Å²) in [5.74, 6) is 0.816. The molecule has 0 aromatic carbocycles. The Labute approximate surface area is 150 Å². The summed E-state index contributed by atoms with van der Waals surface area (Å²) in [5, 5.41) is 9.29. The molecule has 1 amide bonds. The summed E-state index contributed by atoms with van der Waals surface area (Å²) in [5.41, 5.74) is 0. The largest absolute Gasteiger partial charge is 0.357 e. The molecule has 1 rings (SSSR count). The van der Waals surface area contributed by atoms with Crippen LogP contribution in [0.5, 0.6) is 0 Å². The van der Waals surface area contributed by atoms with Crippen molar-refractivity contribution < 1.29 is 4.79 Å². The molecule has 0 unspecified atom stereocenters. The van der Waals surface area contributed by atoms with Crippen LogP contribution in [0.3, 0.4) is 0 Å². The molecule has 0 spiro atoms. The van der Waals surface area contributed by atoms with Gasteiger partial charge in [-0.25, -0.2) is 0 Å². The van der Waals surface area contributed by atoms with Crippen molar-refractivity contribution in [3.8, 4) is 0 Å². The average Bonchev–Trinajstić information content (AvgIpc) is 2.98. The molecule has 3 N–H and O–H groups in total. The van der Waals surface area contributed by atoms with Crippen molar-refractivity contribution in [3.05, 3.63) is 24.5 Å². The van der Waals surface area contributed by atoms with Crippen LogP contribution in [0.1, 0.15) is 26.7 Å². The quantitative estimate of drug-likeness (QED) is 0.322. The van der Waals surface area contributed by atoms with Gasteiger partial charge in [-0.1, -0.05) is 6.92 Å². The Kier molecular flexibility index (Phi) is 12.7. The normalized spacial score (nSPS) is 10.7. The van der Waals surface area contributed by atoms with Gasteiger partial charge in [0.1, 0.15) is 0 Å². The Morgan fingerprint density at radius 3 is 2.45 bits per heavy atom. The number of amides is 1. The molecule has 0 aliphatic rings. The predicted molar refractivity (Wildman–Crippen MR) is 102 cm³/mol. The SMILES string of the molecule is CCCNC(=O)CCN=C(NCC)NCCn1cccc1.I. The van der Waals surface area contributed by atoms with Crippen LogP contribution in [0.25, 0.3) is 0 Å². The van der Waals surface area contributed by atoms with E-state index in [1.165, 1.54) is 0 Å². The molecule has 0 saturated carbocycles. The van der Waals surface area contributed by atoms with E-state index in [0.717, 1.165) is 38.6 Å². The van der Waals surface area contributed by atoms with E-state index in [4.69, 9.17) is 0 Å². The highest BCUT2D eigenvalue weighted by atomic mass is 127. The number of hydrogen-bond acceptors (Lipinski definition) is 2. The Morgan fingerprint density at radius 1 is 1.09 bits per heavy atom. The molecule has 0 atom stereocenters. The summed E-state index contributed by atoms with van der Waals surface area (Å²) in [6.07, 6.45) is 5.44. The van der Waals surface area contributed by atoms with E-state index in [1.54, 1.807) is 0 Å². The van der Waals surface area contributed by atoms with Gasteiger partial charge >= 0.3 is 0 Å². The maximum absolute atomic E-state index is 11.5. The lowest BCUT2D eigenvalue weighted by molar-refractivity contribution is -0.120. The molecule has 0 bridgehead atoms. The number of aromatic nitrogens is 1. The third-order valence-electron chi connectivity index (χ3n) is 2.85. The smallest absolute Gasteiger partial charge is 0.221 e. The van der Waals surface area contributed by atoms with Gasteiger partial charge in [0.25, 0.3) is 0 Å². The molecule has 126 valence electrons. The third-order valence-corrected chi connectivity index (χ3v) is 2.85. The zero-order chi connectivity index (χ0) is 15.3. The zero-order valence-corrected chi connectivity index (χ0v) is 15.8. The first-order valence-electron chi connectivity index (χ1n) is 7.66. The van der Waals surface area contributed by atoms with Gasteiger partial charge < -0.3 is 20.5 Å². The van der Waals surface area contributed by atoms with Crippen LogP contribution in [0.2, 0.25) is 0 Å². The molecule has 0 radical (unpaired) electrons. The van der Waals surface area contributed by atoms with Crippen molar-refractivity contribution in [2.24, 2.45) is 4.99 Å². The molecule has 1 aromatic rings. The first-order chi connectivity index (χ1) is 10.3. The lowest BCUT2D eigenvalue weighted by Crippen LogP contribution is -2.39. The van der Waals surface area contributed by atoms with Crippen LogP contribution in [0.15, 0.2) is 29.5 Å². The highest BCUT2D eigenvalue weighted by Gasteiger charge is 2.00. The molecular weight excluding hydrogens is 393 g/mol. The molecule has 6 nitrogen and oxygen atoms in total. The van der Waals surface area contributed by atoms with E-state index in [9.17, 15) is 4.79 Å². The number of rotatable bonds is 9. The van der Waals surface area contributed by atoms with Crippen molar-refractivity contribution in [1.82, 2.24) is 20.5 Å². The van der Waals surface area contributed by atoms with Crippen molar-refractivity contribution >= 4 is 35.8 Å². The molecule has 0 saturated heterocycles. The van der Waals surface area contributed by atoms with Gasteiger partial charge in [0.2, 0.25) is 5.91 Å². The minimum atomic E-state index is 0. The fourth-order valence-electron chi connectivity index (χ4n) is 1.79. The third kappa shape index (κ3) is 9.64. The highest BCUT2D eigenvalue weighted by Crippen LogP contribution is 1.88. The Bertz CT molecular complexity index is 420. The van der Waals surface area contributed by atoms with Gasteiger partial charge in [-0.05, 0) is 25.5 Å². The first kappa shape index (κ1) is 20.8. The van der Waals surface area contributed by atoms with Crippen molar-refractivity contribution in [2.75, 3.05) is 26.2 Å². The molecule has 1 aromatic heterocycles. The topological polar surface area (TPSA) is 70.4 Å². The summed E-state index contributed by atoms with van der Waals surface area (Å²) in [6.45, 7) is 7.77. The summed E-state index contributed by atoms with van der Waals surface area (Å²) >= 11 is 0. The minimum Gasteiger partial charge on any atom is -0.357 e. The molecule has 0 aliphatic heterocycles. The fraction of sp³-hybridized carbons (Fsp3) is 0.600. The van der Waals surface area contributed by atoms with Crippen molar-refractivity contribution in [3.63, 3.8) is 0 Å². The standard InChI is InChI=1S/C15H27N5O.HI/c1-3-8-17-14(21)7-9-18-15(16-4-2)19-10-13-20-11-5-6-12-20;/h5-6,11-12H,3-4,7-10,13H2,1-2H3,(H,17,21)(H2,16,18,19);1H. The summed E-state index contributed by atoms with van der Waals surface area (Å²) in [7, 11) is 0. The van der Waals surface area contributed by atoms with Gasteiger partial charge in [-0.2, -0.15) is 0 Å². The summed E-state index contributed by atoms with van der Waals surface area (Å²) < 4.78 is 2.11. The second kappa shape index (κ2) is 13.4.